The normalized spacial score (nSPS) is 21.6. The number of halogens is 3. The smallest absolute Gasteiger partial charge is 0.275 e. The van der Waals surface area contributed by atoms with E-state index in [1.807, 2.05) is 0 Å². The maximum absolute atomic E-state index is 12.3. The maximum Gasteiger partial charge on any atom is 0.430 e. The second-order valence-corrected chi connectivity index (χ2v) is 3.34. The Kier molecular flexibility index (Phi) is 2.13. The van der Waals surface area contributed by atoms with Gasteiger partial charge in [-0.1, -0.05) is 0 Å². The molecule has 4 nitrogen and oxygen atoms in total. The predicted octanol–water partition coefficient (Wildman–Crippen LogP) is 1.27. The summed E-state index contributed by atoms with van der Waals surface area (Å²) in [7, 11) is 0. The molecule has 7 heteroatoms. The number of rotatable bonds is 0. The van der Waals surface area contributed by atoms with Crippen LogP contribution < -0.4 is 5.32 Å². The molecule has 0 saturated carbocycles. The van der Waals surface area contributed by atoms with E-state index in [0.717, 1.165) is 13.8 Å². The number of amides is 3. The number of carbonyl (C=O) groups is 2. The molecule has 0 aromatic carbocycles. The Hall–Kier alpha value is -1.40. The Morgan fingerprint density at radius 1 is 1.29 bits per heavy atom. The number of urea groups is 1. The molecule has 1 aliphatic heterocycles. The second kappa shape index (κ2) is 2.79. The Morgan fingerprint density at radius 3 is 2.21 bits per heavy atom. The van der Waals surface area contributed by atoms with E-state index in [1.54, 1.807) is 5.32 Å². The van der Waals surface area contributed by atoms with Crippen LogP contribution in [0.1, 0.15) is 13.8 Å². The summed E-state index contributed by atoms with van der Waals surface area (Å²) in [6.07, 6.45) is -4.77. The van der Waals surface area contributed by atoms with Crippen LogP contribution in [0, 0.1) is 5.41 Å². The third-order valence-electron chi connectivity index (χ3n) is 1.86. The van der Waals surface area contributed by atoms with E-state index in [9.17, 15) is 22.8 Å². The van der Waals surface area contributed by atoms with Crippen molar-refractivity contribution >= 4 is 17.6 Å². The van der Waals surface area contributed by atoms with E-state index < -0.39 is 29.2 Å². The molecule has 0 aliphatic carbocycles. The lowest BCUT2D eigenvalue weighted by Gasteiger charge is -2.29. The number of alkyl halides is 3. The van der Waals surface area contributed by atoms with Crippen molar-refractivity contribution in [2.45, 2.75) is 20.0 Å². The summed E-state index contributed by atoms with van der Waals surface area (Å²) in [4.78, 5) is 24.4. The Morgan fingerprint density at radius 2 is 1.79 bits per heavy atom. The van der Waals surface area contributed by atoms with Crippen molar-refractivity contribution in [3.8, 4) is 0 Å². The molecule has 0 aromatic heterocycles. The number of nitrogens with one attached hydrogen (secondary N) is 1. The van der Waals surface area contributed by atoms with Crippen LogP contribution in [0.15, 0.2) is 4.99 Å². The second-order valence-electron chi connectivity index (χ2n) is 3.34. The van der Waals surface area contributed by atoms with Gasteiger partial charge in [0.25, 0.3) is 0 Å². The maximum atomic E-state index is 12.3. The van der Waals surface area contributed by atoms with Gasteiger partial charge in [-0.2, -0.15) is 18.2 Å². The highest BCUT2D eigenvalue weighted by molar-refractivity contribution is 6.20. The van der Waals surface area contributed by atoms with Gasteiger partial charge in [0, 0.05) is 0 Å². The summed E-state index contributed by atoms with van der Waals surface area (Å²) in [5.74, 6) is -0.996. The molecule has 78 valence electrons. The van der Waals surface area contributed by atoms with Crippen LogP contribution in [0.3, 0.4) is 0 Å². The fourth-order valence-electron chi connectivity index (χ4n) is 1.05. The number of nitrogens with zero attached hydrogens (tertiary/aromatic N) is 1. The Balaban J connectivity index is 3.25. The van der Waals surface area contributed by atoms with Crippen LogP contribution in [0.5, 0.6) is 0 Å². The van der Waals surface area contributed by atoms with Gasteiger partial charge in [-0.25, -0.2) is 4.79 Å². The average molecular weight is 208 g/mol. The molecule has 1 heterocycles. The van der Waals surface area contributed by atoms with Crippen LogP contribution >= 0.6 is 0 Å². The van der Waals surface area contributed by atoms with Gasteiger partial charge in [-0.05, 0) is 13.8 Å². The third-order valence-corrected chi connectivity index (χ3v) is 1.86. The van der Waals surface area contributed by atoms with E-state index in [1.165, 1.54) is 0 Å². The van der Waals surface area contributed by atoms with Crippen LogP contribution in [0.2, 0.25) is 0 Å². The summed E-state index contributed by atoms with van der Waals surface area (Å²) in [5, 5.41) is 1.71. The molecule has 1 aliphatic rings. The van der Waals surface area contributed by atoms with Gasteiger partial charge in [-0.3, -0.25) is 10.1 Å². The molecule has 0 fully saturated rings. The minimum Gasteiger partial charge on any atom is -0.275 e. The van der Waals surface area contributed by atoms with Crippen molar-refractivity contribution in [2.75, 3.05) is 0 Å². The lowest BCUT2D eigenvalue weighted by atomic mass is 9.85. The topological polar surface area (TPSA) is 58.5 Å². The zero-order chi connectivity index (χ0) is 11.1. The Labute approximate surface area is 77.2 Å². The first-order chi connectivity index (χ1) is 6.15. The fourth-order valence-corrected chi connectivity index (χ4v) is 1.05. The molecular formula is C7H7F3N2O2. The third kappa shape index (κ3) is 1.61. The highest BCUT2D eigenvalue weighted by Crippen LogP contribution is 2.32. The van der Waals surface area contributed by atoms with Gasteiger partial charge in [0.05, 0.1) is 5.41 Å². The highest BCUT2D eigenvalue weighted by Gasteiger charge is 2.52. The number of aliphatic imine (C=N–C) groups is 1. The van der Waals surface area contributed by atoms with Gasteiger partial charge in [0.15, 0.2) is 0 Å². The van der Waals surface area contributed by atoms with Crippen LogP contribution in [0.25, 0.3) is 0 Å². The molecule has 0 spiro atoms. The van der Waals surface area contributed by atoms with Gasteiger partial charge in [0.1, 0.15) is 5.71 Å². The van der Waals surface area contributed by atoms with Crippen LogP contribution in [-0.2, 0) is 4.79 Å². The van der Waals surface area contributed by atoms with Crippen molar-refractivity contribution in [1.29, 1.82) is 0 Å². The monoisotopic (exact) mass is 208 g/mol. The van der Waals surface area contributed by atoms with Crippen LogP contribution in [0.4, 0.5) is 18.0 Å². The van der Waals surface area contributed by atoms with Crippen molar-refractivity contribution in [3.63, 3.8) is 0 Å². The van der Waals surface area contributed by atoms with E-state index in [2.05, 4.69) is 4.99 Å². The molecule has 1 rings (SSSR count). The van der Waals surface area contributed by atoms with Crippen molar-refractivity contribution in [1.82, 2.24) is 5.32 Å². The van der Waals surface area contributed by atoms with Gasteiger partial charge >= 0.3 is 12.2 Å². The average Bonchev–Trinajstić information content (AvgIpc) is 1.95. The molecule has 0 unspecified atom stereocenters. The van der Waals surface area contributed by atoms with E-state index >= 15 is 0 Å². The van der Waals surface area contributed by atoms with E-state index in [4.69, 9.17) is 0 Å². The van der Waals surface area contributed by atoms with Crippen molar-refractivity contribution in [3.05, 3.63) is 0 Å². The minimum absolute atomic E-state index is 0.996. The molecule has 0 bridgehead atoms. The highest BCUT2D eigenvalue weighted by atomic mass is 19.4. The summed E-state index contributed by atoms with van der Waals surface area (Å²) in [6.45, 7) is 2.11. The summed E-state index contributed by atoms with van der Waals surface area (Å²) >= 11 is 0. The summed E-state index contributed by atoms with van der Waals surface area (Å²) in [6, 6.07) is -1.28. The largest absolute Gasteiger partial charge is 0.430 e. The molecule has 14 heavy (non-hydrogen) atoms. The van der Waals surface area contributed by atoms with E-state index in [0.29, 0.717) is 0 Å². The summed E-state index contributed by atoms with van der Waals surface area (Å²) < 4.78 is 37.0. The number of hydrogen-bond donors (Lipinski definition) is 1. The first-order valence-electron chi connectivity index (χ1n) is 3.67. The lowest BCUT2D eigenvalue weighted by molar-refractivity contribution is -0.128. The summed E-state index contributed by atoms with van der Waals surface area (Å²) in [5.41, 5.74) is -3.19. The first-order valence-corrected chi connectivity index (χ1v) is 3.67. The van der Waals surface area contributed by atoms with Crippen LogP contribution in [-0.4, -0.2) is 23.8 Å². The Bertz CT molecular complexity index is 330. The lowest BCUT2D eigenvalue weighted by Crippen LogP contribution is -2.53. The molecule has 0 aromatic rings. The molecule has 0 saturated heterocycles. The number of hydrogen-bond acceptors (Lipinski definition) is 2. The SMILES string of the molecule is CC1(C)C(=O)NC(=O)N=C1C(F)(F)F. The minimum atomic E-state index is -4.77. The van der Waals surface area contributed by atoms with Crippen molar-refractivity contribution in [2.24, 2.45) is 10.4 Å². The van der Waals surface area contributed by atoms with Crippen molar-refractivity contribution < 1.29 is 22.8 Å². The molecule has 0 atom stereocenters. The van der Waals surface area contributed by atoms with E-state index in [-0.39, 0.29) is 0 Å². The van der Waals surface area contributed by atoms with Gasteiger partial charge in [0.2, 0.25) is 5.91 Å². The van der Waals surface area contributed by atoms with Gasteiger partial charge in [-0.15, -0.1) is 0 Å². The molecular weight excluding hydrogens is 201 g/mol. The predicted molar refractivity (Wildman–Crippen MR) is 40.8 cm³/mol. The molecule has 0 radical (unpaired) electrons. The number of carbonyl (C=O) groups excluding carboxylic acids is 2. The quantitative estimate of drug-likeness (QED) is 0.651. The zero-order valence-corrected chi connectivity index (χ0v) is 7.40. The number of imide groups is 1. The first kappa shape index (κ1) is 10.7. The van der Waals surface area contributed by atoms with Gasteiger partial charge < -0.3 is 0 Å². The fraction of sp³-hybridized carbons (Fsp3) is 0.571. The molecule has 3 amide bonds. The zero-order valence-electron chi connectivity index (χ0n) is 7.40. The molecule has 1 N–H and O–H groups in total. The standard InChI is InChI=1S/C7H7F3N2O2/c1-6(2)3(7(8,9)10)11-5(14)12-4(6)13/h1-2H3,(H,12,13,14).